The number of ketones is 1. The van der Waals surface area contributed by atoms with Crippen LogP contribution < -0.4 is 5.11 Å². The normalized spacial score (nSPS) is 21.5. The minimum Gasteiger partial charge on any atom is -0.530 e. The van der Waals surface area contributed by atoms with Crippen molar-refractivity contribution < 1.29 is 14.7 Å². The summed E-state index contributed by atoms with van der Waals surface area (Å²) in [5.74, 6) is -0.336. The van der Waals surface area contributed by atoms with Gasteiger partial charge in [0.1, 0.15) is 6.09 Å². The van der Waals surface area contributed by atoms with Gasteiger partial charge in [0.15, 0.2) is 5.78 Å². The van der Waals surface area contributed by atoms with Crippen LogP contribution in [-0.2, 0) is 4.79 Å². The third-order valence-corrected chi connectivity index (χ3v) is 2.23. The van der Waals surface area contributed by atoms with E-state index in [1.807, 2.05) is 0 Å². The molecule has 0 N–H and O–H groups in total. The first-order chi connectivity index (χ1) is 6.06. The van der Waals surface area contributed by atoms with Crippen LogP contribution >= 0.6 is 11.6 Å². The number of rotatable bonds is 2. The van der Waals surface area contributed by atoms with Crippen molar-refractivity contribution in [2.24, 2.45) is 0 Å². The van der Waals surface area contributed by atoms with Crippen LogP contribution in [0.5, 0.6) is 0 Å². The molecule has 0 saturated carbocycles. The van der Waals surface area contributed by atoms with Crippen LogP contribution in [0.4, 0.5) is 4.79 Å². The van der Waals surface area contributed by atoms with Crippen molar-refractivity contribution in [3.63, 3.8) is 0 Å². The van der Waals surface area contributed by atoms with Gasteiger partial charge in [-0.15, -0.1) is 11.6 Å². The molecule has 0 radical (unpaired) electrons. The van der Waals surface area contributed by atoms with Gasteiger partial charge in [0.05, 0.1) is 5.88 Å². The second kappa shape index (κ2) is 3.79. The van der Waals surface area contributed by atoms with Crippen molar-refractivity contribution >= 4 is 23.5 Å². The van der Waals surface area contributed by atoms with Gasteiger partial charge < -0.3 is 14.8 Å². The first-order valence-electron chi connectivity index (χ1n) is 3.83. The van der Waals surface area contributed by atoms with Crippen molar-refractivity contribution in [3.05, 3.63) is 11.6 Å². The third kappa shape index (κ3) is 2.01. The molecule has 1 atom stereocenters. The van der Waals surface area contributed by atoms with E-state index in [0.717, 1.165) is 4.90 Å². The van der Waals surface area contributed by atoms with Crippen LogP contribution in [0.15, 0.2) is 11.6 Å². The lowest BCUT2D eigenvalue weighted by atomic mass is 10.2. The molecule has 4 nitrogen and oxygen atoms in total. The van der Waals surface area contributed by atoms with E-state index in [9.17, 15) is 14.7 Å². The van der Waals surface area contributed by atoms with Crippen molar-refractivity contribution in [2.45, 2.75) is 13.0 Å². The summed E-state index contributed by atoms with van der Waals surface area (Å²) in [6, 6.07) is -0.299. The highest BCUT2D eigenvalue weighted by Crippen LogP contribution is 2.16. The Balaban J connectivity index is 2.70. The summed E-state index contributed by atoms with van der Waals surface area (Å²) < 4.78 is 0. The minimum absolute atomic E-state index is 0.0923. The second-order valence-corrected chi connectivity index (χ2v) is 3.15. The summed E-state index contributed by atoms with van der Waals surface area (Å²) in [7, 11) is 0. The zero-order valence-electron chi connectivity index (χ0n) is 7.12. The molecular weight excluding hydrogens is 194 g/mol. The van der Waals surface area contributed by atoms with Gasteiger partial charge in [-0.25, -0.2) is 0 Å². The number of alkyl halides is 1. The van der Waals surface area contributed by atoms with Crippen molar-refractivity contribution in [3.8, 4) is 0 Å². The first kappa shape index (κ1) is 10.1. The predicted molar refractivity (Wildman–Crippen MR) is 45.4 cm³/mol. The fraction of sp³-hybridized carbons (Fsp3) is 0.500. The molecule has 0 aromatic carbocycles. The first-order valence-corrected chi connectivity index (χ1v) is 4.37. The topological polar surface area (TPSA) is 60.4 Å². The van der Waals surface area contributed by atoms with Crippen LogP contribution in [0.25, 0.3) is 0 Å². The molecule has 1 rings (SSSR count). The predicted octanol–water partition coefficient (Wildman–Crippen LogP) is -0.232. The fourth-order valence-corrected chi connectivity index (χ4v) is 1.43. The summed E-state index contributed by atoms with van der Waals surface area (Å²) in [5.41, 5.74) is 0.451. The molecule has 1 aliphatic heterocycles. The zero-order valence-corrected chi connectivity index (χ0v) is 7.87. The van der Waals surface area contributed by atoms with Gasteiger partial charge in [0, 0.05) is 18.2 Å². The molecule has 0 saturated heterocycles. The SMILES string of the molecule is C[C@H]1C=C(C(=O)CCl)CN1C(=O)[O-]. The van der Waals surface area contributed by atoms with Gasteiger partial charge in [0.25, 0.3) is 0 Å². The Bertz CT molecular complexity index is 275. The molecule has 0 unspecified atom stereocenters. The van der Waals surface area contributed by atoms with Gasteiger partial charge in [-0.05, 0) is 6.92 Å². The molecule has 1 aliphatic rings. The van der Waals surface area contributed by atoms with Crippen molar-refractivity contribution in [1.29, 1.82) is 0 Å². The van der Waals surface area contributed by atoms with Crippen LogP contribution in [0.3, 0.4) is 0 Å². The lowest BCUT2D eigenvalue weighted by Gasteiger charge is -2.23. The molecule has 0 aromatic rings. The number of carbonyl (C=O) groups is 2. The van der Waals surface area contributed by atoms with Crippen LogP contribution in [0, 0.1) is 0 Å². The Morgan fingerprint density at radius 2 is 2.38 bits per heavy atom. The Morgan fingerprint density at radius 1 is 1.77 bits per heavy atom. The van der Waals surface area contributed by atoms with E-state index in [-0.39, 0.29) is 24.2 Å². The molecule has 1 amide bonds. The van der Waals surface area contributed by atoms with Crippen molar-refractivity contribution in [1.82, 2.24) is 4.90 Å². The molecule has 0 bridgehead atoms. The molecule has 0 aliphatic carbocycles. The zero-order chi connectivity index (χ0) is 10.0. The maximum Gasteiger partial charge on any atom is 0.175 e. The summed E-state index contributed by atoms with van der Waals surface area (Å²) in [6.45, 7) is 1.78. The number of nitrogens with zero attached hydrogens (tertiary/aromatic N) is 1. The second-order valence-electron chi connectivity index (χ2n) is 2.88. The number of carbonyl (C=O) groups excluding carboxylic acids is 2. The lowest BCUT2D eigenvalue weighted by molar-refractivity contribution is -0.265. The number of hydrogen-bond acceptors (Lipinski definition) is 3. The number of carboxylic acid groups (broad SMARTS) is 1. The maximum atomic E-state index is 11.1. The number of halogens is 1. The molecule has 1 heterocycles. The highest BCUT2D eigenvalue weighted by atomic mass is 35.5. The number of Topliss-reactive ketones (excluding diaryl/α,β-unsaturated/α-hetero) is 1. The standard InChI is InChI=1S/C8H10ClNO3/c1-5-2-6(7(11)3-9)4-10(5)8(12)13/h2,5H,3-4H2,1H3,(H,12,13)/p-1/t5-/m0/s1. The smallest absolute Gasteiger partial charge is 0.175 e. The molecule has 0 aromatic heterocycles. The van der Waals surface area contributed by atoms with Gasteiger partial charge in [0.2, 0.25) is 0 Å². The molecule has 72 valence electrons. The summed E-state index contributed by atoms with van der Waals surface area (Å²) in [4.78, 5) is 22.7. The van der Waals surface area contributed by atoms with E-state index in [4.69, 9.17) is 11.6 Å². The molecule has 5 heteroatoms. The van der Waals surface area contributed by atoms with Crippen LogP contribution in [0.1, 0.15) is 6.92 Å². The van der Waals surface area contributed by atoms with Crippen molar-refractivity contribution in [2.75, 3.05) is 12.4 Å². The summed E-state index contributed by atoms with van der Waals surface area (Å²) in [5, 5.41) is 10.5. The van der Waals surface area contributed by atoms with E-state index < -0.39 is 6.09 Å². The quantitative estimate of drug-likeness (QED) is 0.581. The van der Waals surface area contributed by atoms with E-state index >= 15 is 0 Å². The maximum absolute atomic E-state index is 11.1. The average Bonchev–Trinajstić information content (AvgIpc) is 2.46. The Labute approximate surface area is 80.8 Å². The van der Waals surface area contributed by atoms with Gasteiger partial charge >= 0.3 is 0 Å². The largest absolute Gasteiger partial charge is 0.530 e. The summed E-state index contributed by atoms with van der Waals surface area (Å²) in [6.07, 6.45) is 0.335. The Morgan fingerprint density at radius 3 is 2.77 bits per heavy atom. The molecule has 13 heavy (non-hydrogen) atoms. The van der Waals surface area contributed by atoms with Gasteiger partial charge in [-0.3, -0.25) is 4.79 Å². The Kier molecular flexibility index (Phi) is 2.93. The molecule has 0 spiro atoms. The lowest BCUT2D eigenvalue weighted by Crippen LogP contribution is -2.43. The average molecular weight is 203 g/mol. The molecule has 0 fully saturated rings. The van der Waals surface area contributed by atoms with E-state index in [2.05, 4.69) is 0 Å². The van der Waals surface area contributed by atoms with E-state index in [1.165, 1.54) is 0 Å². The highest BCUT2D eigenvalue weighted by molar-refractivity contribution is 6.30. The van der Waals surface area contributed by atoms with E-state index in [0.29, 0.717) is 5.57 Å². The third-order valence-electron chi connectivity index (χ3n) is 1.99. The highest BCUT2D eigenvalue weighted by Gasteiger charge is 2.24. The summed E-state index contributed by atoms with van der Waals surface area (Å²) >= 11 is 5.34. The van der Waals surface area contributed by atoms with Gasteiger partial charge in [-0.2, -0.15) is 0 Å². The minimum atomic E-state index is -1.26. The number of hydrogen-bond donors (Lipinski definition) is 0. The van der Waals surface area contributed by atoms with Crippen LogP contribution in [0.2, 0.25) is 0 Å². The monoisotopic (exact) mass is 202 g/mol. The number of amides is 1. The van der Waals surface area contributed by atoms with E-state index in [1.54, 1.807) is 13.0 Å². The van der Waals surface area contributed by atoms with Crippen LogP contribution in [-0.4, -0.2) is 35.2 Å². The Hall–Kier alpha value is -1.03. The van der Waals surface area contributed by atoms with Gasteiger partial charge in [-0.1, -0.05) is 6.08 Å². The molecular formula is C8H9ClNO3-. The fourth-order valence-electron chi connectivity index (χ4n) is 1.26.